The smallest absolute Gasteiger partial charge is 0.227 e. The topological polar surface area (TPSA) is 50.7 Å². The van der Waals surface area contributed by atoms with Gasteiger partial charge in [0.25, 0.3) is 0 Å². The molecule has 1 aromatic carbocycles. The van der Waals surface area contributed by atoms with Crippen molar-refractivity contribution < 1.29 is 9.53 Å². The number of carbonyl (C=O) groups excluding carboxylic acids is 1. The highest BCUT2D eigenvalue weighted by molar-refractivity contribution is 5.59. The molecule has 98 valence electrons. The Labute approximate surface area is 108 Å². The number of amides is 1. The van der Waals surface area contributed by atoms with Crippen molar-refractivity contribution >= 4 is 12.6 Å². The summed E-state index contributed by atoms with van der Waals surface area (Å²) in [5, 5.41) is 3.74. The van der Waals surface area contributed by atoms with Gasteiger partial charge in [0.2, 0.25) is 6.41 Å². The minimum Gasteiger partial charge on any atom is -0.373 e. The highest BCUT2D eigenvalue weighted by Gasteiger charge is 2.06. The molecule has 0 fully saturated rings. The maximum Gasteiger partial charge on any atom is 0.227 e. The maximum atomic E-state index is 10.0. The lowest BCUT2D eigenvalue weighted by atomic mass is 10.1. The molecule has 1 amide bonds. The molecule has 18 heavy (non-hydrogen) atoms. The molecule has 4 nitrogen and oxygen atoms in total. The number of nitrogens with zero attached hydrogens (tertiary/aromatic N) is 1. The first-order valence-electron chi connectivity index (χ1n) is 6.23. The van der Waals surface area contributed by atoms with Crippen LogP contribution in [0.4, 0.5) is 0 Å². The maximum absolute atomic E-state index is 10.0. The van der Waals surface area contributed by atoms with E-state index in [1.165, 1.54) is 5.56 Å². The summed E-state index contributed by atoms with van der Waals surface area (Å²) in [6.45, 7) is 2.74. The second-order valence-electron chi connectivity index (χ2n) is 4.00. The van der Waals surface area contributed by atoms with Crippen LogP contribution < -0.4 is 5.43 Å². The first kappa shape index (κ1) is 14.4. The first-order chi connectivity index (χ1) is 8.86. The van der Waals surface area contributed by atoms with E-state index < -0.39 is 0 Å². The quantitative estimate of drug-likeness (QED) is 0.414. The van der Waals surface area contributed by atoms with E-state index in [4.69, 9.17) is 4.74 Å². The Hall–Kier alpha value is -1.68. The summed E-state index contributed by atoms with van der Waals surface area (Å²) in [6.07, 6.45) is 5.14. The Balaban J connectivity index is 2.35. The van der Waals surface area contributed by atoms with Gasteiger partial charge < -0.3 is 4.74 Å². The van der Waals surface area contributed by atoms with Crippen molar-refractivity contribution in [1.29, 1.82) is 0 Å². The van der Waals surface area contributed by atoms with Gasteiger partial charge in [-0.1, -0.05) is 43.7 Å². The van der Waals surface area contributed by atoms with Crippen molar-refractivity contribution in [2.24, 2.45) is 5.10 Å². The van der Waals surface area contributed by atoms with Crippen LogP contribution in [0, 0.1) is 0 Å². The summed E-state index contributed by atoms with van der Waals surface area (Å²) in [4.78, 5) is 10.0. The second-order valence-corrected chi connectivity index (χ2v) is 4.00. The summed E-state index contributed by atoms with van der Waals surface area (Å²) in [7, 11) is 0. The van der Waals surface area contributed by atoms with Crippen LogP contribution in [0.25, 0.3) is 0 Å². The average molecular weight is 248 g/mol. The Bertz CT molecular complexity index is 352. The molecule has 4 heteroatoms. The third-order valence-corrected chi connectivity index (χ3v) is 2.53. The largest absolute Gasteiger partial charge is 0.373 e. The lowest BCUT2D eigenvalue weighted by Crippen LogP contribution is -2.14. The number of nitrogens with one attached hydrogen (secondary N) is 1. The zero-order valence-corrected chi connectivity index (χ0v) is 10.7. The zero-order chi connectivity index (χ0) is 13.1. The van der Waals surface area contributed by atoms with Crippen LogP contribution in [-0.4, -0.2) is 18.7 Å². The van der Waals surface area contributed by atoms with E-state index in [1.54, 1.807) is 6.21 Å². The van der Waals surface area contributed by atoms with Crippen molar-refractivity contribution in [1.82, 2.24) is 5.43 Å². The van der Waals surface area contributed by atoms with Crippen LogP contribution in [0.1, 0.15) is 31.7 Å². The highest BCUT2D eigenvalue weighted by atomic mass is 16.5. The molecule has 0 aliphatic rings. The summed E-state index contributed by atoms with van der Waals surface area (Å²) in [5.41, 5.74) is 3.42. The minimum absolute atomic E-state index is 0.146. The number of rotatable bonds is 9. The van der Waals surface area contributed by atoms with Gasteiger partial charge in [0, 0.05) is 12.6 Å². The van der Waals surface area contributed by atoms with Gasteiger partial charge in [-0.15, -0.1) is 0 Å². The summed E-state index contributed by atoms with van der Waals surface area (Å²) in [6, 6.07) is 10.1. The van der Waals surface area contributed by atoms with Gasteiger partial charge in [-0.2, -0.15) is 5.10 Å². The third kappa shape index (κ3) is 6.15. The van der Waals surface area contributed by atoms with E-state index in [2.05, 4.69) is 17.5 Å². The molecular formula is C14H20N2O2. The lowest BCUT2D eigenvalue weighted by Gasteiger charge is -2.15. The molecule has 0 aromatic heterocycles. The van der Waals surface area contributed by atoms with Crippen LogP contribution in [0.15, 0.2) is 35.4 Å². The summed E-state index contributed by atoms with van der Waals surface area (Å²) >= 11 is 0. The normalized spacial score (nSPS) is 12.5. The van der Waals surface area contributed by atoms with Crippen LogP contribution >= 0.6 is 0 Å². The molecule has 1 N–H and O–H groups in total. The van der Waals surface area contributed by atoms with E-state index in [0.717, 1.165) is 12.8 Å². The van der Waals surface area contributed by atoms with Gasteiger partial charge in [0.05, 0.1) is 12.7 Å². The third-order valence-electron chi connectivity index (χ3n) is 2.53. The molecule has 0 saturated heterocycles. The monoisotopic (exact) mass is 248 g/mol. The van der Waals surface area contributed by atoms with Crippen LogP contribution in [0.5, 0.6) is 0 Å². The van der Waals surface area contributed by atoms with Crippen molar-refractivity contribution in [2.75, 3.05) is 0 Å². The van der Waals surface area contributed by atoms with E-state index in [1.807, 2.05) is 30.3 Å². The molecular weight excluding hydrogens is 228 g/mol. The predicted octanol–water partition coefficient (Wildman–Crippen LogP) is 2.49. The van der Waals surface area contributed by atoms with Crippen LogP contribution in [-0.2, 0) is 16.1 Å². The van der Waals surface area contributed by atoms with E-state index in [-0.39, 0.29) is 6.10 Å². The van der Waals surface area contributed by atoms with E-state index >= 15 is 0 Å². The molecule has 1 atom stereocenters. The van der Waals surface area contributed by atoms with Gasteiger partial charge in [0.15, 0.2) is 0 Å². The Morgan fingerprint density at radius 2 is 2.17 bits per heavy atom. The fourth-order valence-electron chi connectivity index (χ4n) is 1.63. The van der Waals surface area contributed by atoms with Gasteiger partial charge in [0.1, 0.15) is 0 Å². The molecule has 0 aliphatic heterocycles. The summed E-state index contributed by atoms with van der Waals surface area (Å²) in [5.74, 6) is 0. The average Bonchev–Trinajstić information content (AvgIpc) is 2.42. The number of carbonyl (C=O) groups is 1. The first-order valence-corrected chi connectivity index (χ1v) is 6.23. The molecule has 0 spiro atoms. The molecule has 0 radical (unpaired) electrons. The highest BCUT2D eigenvalue weighted by Crippen LogP contribution is 2.09. The van der Waals surface area contributed by atoms with Crippen LogP contribution in [0.3, 0.4) is 0 Å². The van der Waals surface area contributed by atoms with Gasteiger partial charge in [-0.3, -0.25) is 10.2 Å². The number of benzene rings is 1. The number of hydrazone groups is 1. The number of hydrogen-bond acceptors (Lipinski definition) is 3. The van der Waals surface area contributed by atoms with Gasteiger partial charge >= 0.3 is 0 Å². The zero-order valence-electron chi connectivity index (χ0n) is 10.7. The van der Waals surface area contributed by atoms with E-state index in [0.29, 0.717) is 19.4 Å². The van der Waals surface area contributed by atoms with Crippen molar-refractivity contribution in [3.05, 3.63) is 35.9 Å². The number of ether oxygens (including phenoxy) is 1. The molecule has 0 bridgehead atoms. The molecule has 0 heterocycles. The predicted molar refractivity (Wildman–Crippen MR) is 72.2 cm³/mol. The fourth-order valence-corrected chi connectivity index (χ4v) is 1.63. The molecule has 1 rings (SSSR count). The lowest BCUT2D eigenvalue weighted by molar-refractivity contribution is -0.109. The molecule has 0 aliphatic carbocycles. The minimum atomic E-state index is 0.146. The fraction of sp³-hybridized carbons (Fsp3) is 0.429. The standard InChI is InChI=1S/C14H20N2O2/c1-2-6-14(9-10-15-16-12-17)18-11-13-7-4-3-5-8-13/h3-5,7-8,10,12,14H,2,6,9,11H2,1H3,(H,16,17)/b15-10+/t14-/m1/s1. The summed E-state index contributed by atoms with van der Waals surface area (Å²) < 4.78 is 5.84. The second kappa shape index (κ2) is 9.36. The Morgan fingerprint density at radius 3 is 2.83 bits per heavy atom. The molecule has 0 unspecified atom stereocenters. The van der Waals surface area contributed by atoms with Crippen molar-refractivity contribution in [3.8, 4) is 0 Å². The Morgan fingerprint density at radius 1 is 1.39 bits per heavy atom. The molecule has 1 aromatic rings. The Kier molecular flexibility index (Phi) is 7.48. The van der Waals surface area contributed by atoms with Gasteiger partial charge in [-0.05, 0) is 12.0 Å². The molecule has 0 saturated carbocycles. The van der Waals surface area contributed by atoms with E-state index in [9.17, 15) is 4.79 Å². The van der Waals surface area contributed by atoms with Crippen molar-refractivity contribution in [2.45, 2.75) is 38.9 Å². The van der Waals surface area contributed by atoms with Gasteiger partial charge in [-0.25, -0.2) is 0 Å². The SMILES string of the molecule is CCC[C@H](C/C=N/NC=O)OCc1ccccc1. The van der Waals surface area contributed by atoms with Crippen LogP contribution in [0.2, 0.25) is 0 Å². The number of hydrogen-bond donors (Lipinski definition) is 1. The van der Waals surface area contributed by atoms with Crippen molar-refractivity contribution in [3.63, 3.8) is 0 Å².